The molecular formula is C19H19ClN2O4S. The van der Waals surface area contributed by atoms with Gasteiger partial charge in [-0.15, -0.1) is 11.3 Å². The zero-order valence-electron chi connectivity index (χ0n) is 14.8. The van der Waals surface area contributed by atoms with E-state index in [9.17, 15) is 14.4 Å². The second-order valence-corrected chi connectivity index (χ2v) is 7.54. The van der Waals surface area contributed by atoms with Gasteiger partial charge in [-0.2, -0.15) is 0 Å². The monoisotopic (exact) mass is 406 g/mol. The van der Waals surface area contributed by atoms with Crippen LogP contribution in [0.5, 0.6) is 0 Å². The average Bonchev–Trinajstić information content (AvgIpc) is 3.00. The predicted molar refractivity (Wildman–Crippen MR) is 105 cm³/mol. The van der Waals surface area contributed by atoms with Crippen LogP contribution in [-0.2, 0) is 17.6 Å². The first-order valence-electron chi connectivity index (χ1n) is 8.69. The second-order valence-electron chi connectivity index (χ2n) is 6.02. The lowest BCUT2D eigenvalue weighted by Gasteiger charge is -2.13. The molecule has 1 heterocycles. The van der Waals surface area contributed by atoms with Crippen molar-refractivity contribution in [1.82, 2.24) is 5.32 Å². The third-order valence-electron chi connectivity index (χ3n) is 4.23. The van der Waals surface area contributed by atoms with E-state index in [0.29, 0.717) is 21.2 Å². The van der Waals surface area contributed by atoms with Crippen molar-refractivity contribution in [3.63, 3.8) is 0 Å². The molecule has 142 valence electrons. The van der Waals surface area contributed by atoms with E-state index >= 15 is 0 Å². The number of hydrogen-bond acceptors (Lipinski definition) is 5. The Balaban J connectivity index is 1.91. The van der Waals surface area contributed by atoms with Crippen molar-refractivity contribution in [2.45, 2.75) is 32.6 Å². The topological polar surface area (TPSA) is 84.5 Å². The summed E-state index contributed by atoms with van der Waals surface area (Å²) in [6.45, 7) is 1.82. The number of carbonyl (C=O) groups excluding carboxylic acids is 3. The van der Waals surface area contributed by atoms with Crippen LogP contribution in [0.2, 0.25) is 5.02 Å². The molecule has 0 spiro atoms. The maximum atomic E-state index is 12.7. The Labute approximate surface area is 165 Å². The van der Waals surface area contributed by atoms with Gasteiger partial charge in [0.15, 0.2) is 0 Å². The summed E-state index contributed by atoms with van der Waals surface area (Å²) in [5.74, 6) is -0.966. The van der Waals surface area contributed by atoms with Crippen LogP contribution in [0.4, 0.5) is 9.80 Å². The molecule has 0 fully saturated rings. The number of imide groups is 1. The van der Waals surface area contributed by atoms with Crippen molar-refractivity contribution in [3.8, 4) is 0 Å². The Morgan fingerprint density at radius 1 is 1.15 bits per heavy atom. The molecule has 0 atom stereocenters. The summed E-state index contributed by atoms with van der Waals surface area (Å²) in [5.41, 5.74) is 1.55. The molecule has 0 saturated carbocycles. The Kier molecular flexibility index (Phi) is 6.13. The number of halogens is 1. The minimum Gasteiger partial charge on any atom is -0.450 e. The van der Waals surface area contributed by atoms with Crippen LogP contribution in [0, 0.1) is 0 Å². The van der Waals surface area contributed by atoms with E-state index in [1.165, 1.54) is 11.3 Å². The van der Waals surface area contributed by atoms with E-state index in [0.717, 1.165) is 36.1 Å². The number of carbonyl (C=O) groups is 3. The number of amides is 3. The number of hydrogen-bond donors (Lipinski definition) is 2. The van der Waals surface area contributed by atoms with E-state index in [2.05, 4.69) is 10.6 Å². The van der Waals surface area contributed by atoms with Gasteiger partial charge in [0.2, 0.25) is 0 Å². The fourth-order valence-corrected chi connectivity index (χ4v) is 4.54. The molecule has 2 N–H and O–H groups in total. The maximum absolute atomic E-state index is 12.7. The van der Waals surface area contributed by atoms with Gasteiger partial charge >= 0.3 is 6.09 Å². The smallest absolute Gasteiger partial charge is 0.414 e. The van der Waals surface area contributed by atoms with E-state index in [1.807, 2.05) is 0 Å². The lowest BCUT2D eigenvalue weighted by Crippen LogP contribution is -2.32. The Morgan fingerprint density at radius 2 is 1.89 bits per heavy atom. The highest BCUT2D eigenvalue weighted by atomic mass is 35.5. The first-order chi connectivity index (χ1) is 13.0. The van der Waals surface area contributed by atoms with Gasteiger partial charge < -0.3 is 10.1 Å². The van der Waals surface area contributed by atoms with E-state index in [-0.39, 0.29) is 6.61 Å². The molecule has 3 amide bonds. The van der Waals surface area contributed by atoms with E-state index in [1.54, 1.807) is 31.2 Å². The van der Waals surface area contributed by atoms with Gasteiger partial charge in [0, 0.05) is 4.88 Å². The minimum absolute atomic E-state index is 0.164. The first-order valence-corrected chi connectivity index (χ1v) is 9.89. The van der Waals surface area contributed by atoms with Crippen LogP contribution in [0.25, 0.3) is 0 Å². The number of fused-ring (bicyclic) bond motifs is 1. The van der Waals surface area contributed by atoms with Crippen LogP contribution >= 0.6 is 22.9 Å². The molecule has 6 nitrogen and oxygen atoms in total. The van der Waals surface area contributed by atoms with Crippen molar-refractivity contribution in [2.24, 2.45) is 0 Å². The molecule has 0 aliphatic heterocycles. The van der Waals surface area contributed by atoms with Crippen molar-refractivity contribution >= 4 is 45.8 Å². The third-order valence-corrected chi connectivity index (χ3v) is 5.77. The molecule has 1 aromatic heterocycles. The van der Waals surface area contributed by atoms with Crippen molar-refractivity contribution in [2.75, 3.05) is 11.9 Å². The maximum Gasteiger partial charge on any atom is 0.414 e. The molecule has 0 bridgehead atoms. The zero-order valence-corrected chi connectivity index (χ0v) is 16.3. The molecular weight excluding hydrogens is 388 g/mol. The number of nitrogens with one attached hydrogen (secondary N) is 2. The Morgan fingerprint density at radius 3 is 2.63 bits per heavy atom. The summed E-state index contributed by atoms with van der Waals surface area (Å²) >= 11 is 7.47. The number of ether oxygens (including phenoxy) is 1. The van der Waals surface area contributed by atoms with Crippen LogP contribution in [-0.4, -0.2) is 24.5 Å². The Bertz CT molecular complexity index is 894. The summed E-state index contributed by atoms with van der Waals surface area (Å²) in [5, 5.41) is 5.77. The SMILES string of the molecule is CCOC(=O)NC(=O)c1c(NC(=O)c2ccccc2Cl)sc2c1CCCC2. The van der Waals surface area contributed by atoms with Gasteiger partial charge in [-0.3, -0.25) is 14.9 Å². The van der Waals surface area contributed by atoms with Crippen LogP contribution in [0.3, 0.4) is 0 Å². The summed E-state index contributed by atoms with van der Waals surface area (Å²) in [7, 11) is 0. The number of alkyl carbamates (subject to hydrolysis) is 1. The minimum atomic E-state index is -0.804. The number of rotatable bonds is 4. The second kappa shape index (κ2) is 8.54. The fraction of sp³-hybridized carbons (Fsp3) is 0.316. The van der Waals surface area contributed by atoms with E-state index in [4.69, 9.17) is 16.3 Å². The highest BCUT2D eigenvalue weighted by Gasteiger charge is 2.28. The van der Waals surface area contributed by atoms with Gasteiger partial charge in [-0.1, -0.05) is 23.7 Å². The van der Waals surface area contributed by atoms with Gasteiger partial charge in [0.25, 0.3) is 11.8 Å². The van der Waals surface area contributed by atoms with Crippen molar-refractivity contribution in [1.29, 1.82) is 0 Å². The highest BCUT2D eigenvalue weighted by molar-refractivity contribution is 7.17. The van der Waals surface area contributed by atoms with Gasteiger partial charge in [0.1, 0.15) is 5.00 Å². The van der Waals surface area contributed by atoms with Crippen LogP contribution in [0.15, 0.2) is 24.3 Å². The number of anilines is 1. The lowest BCUT2D eigenvalue weighted by molar-refractivity contribution is 0.0925. The van der Waals surface area contributed by atoms with Gasteiger partial charge in [-0.25, -0.2) is 4.79 Å². The van der Waals surface area contributed by atoms with Gasteiger partial charge in [-0.05, 0) is 50.3 Å². The summed E-state index contributed by atoms with van der Waals surface area (Å²) < 4.78 is 4.79. The molecule has 1 aliphatic rings. The molecule has 0 saturated heterocycles. The van der Waals surface area contributed by atoms with E-state index < -0.39 is 17.9 Å². The lowest BCUT2D eigenvalue weighted by atomic mass is 9.95. The summed E-state index contributed by atoms with van der Waals surface area (Å²) in [6.07, 6.45) is 2.77. The fourth-order valence-electron chi connectivity index (χ4n) is 3.03. The predicted octanol–water partition coefficient (Wildman–Crippen LogP) is 4.42. The molecule has 1 aliphatic carbocycles. The van der Waals surface area contributed by atoms with Crippen LogP contribution in [0.1, 0.15) is 50.9 Å². The molecule has 0 unspecified atom stereocenters. The number of thiophene rings is 1. The molecule has 27 heavy (non-hydrogen) atoms. The normalized spacial score (nSPS) is 12.8. The average molecular weight is 407 g/mol. The first kappa shape index (κ1) is 19.4. The van der Waals surface area contributed by atoms with Gasteiger partial charge in [0.05, 0.1) is 22.8 Å². The third kappa shape index (κ3) is 4.31. The van der Waals surface area contributed by atoms with Crippen molar-refractivity contribution in [3.05, 3.63) is 50.9 Å². The number of aryl methyl sites for hydroxylation is 1. The molecule has 3 rings (SSSR count). The number of benzene rings is 1. The van der Waals surface area contributed by atoms with Crippen LogP contribution < -0.4 is 10.6 Å². The standard InChI is InChI=1S/C19H19ClN2O4S/c1-2-26-19(25)22-17(24)15-12-8-4-6-10-14(12)27-18(15)21-16(23)11-7-3-5-9-13(11)20/h3,5,7,9H,2,4,6,8,10H2,1H3,(H,21,23)(H,22,24,25). The molecule has 1 aromatic carbocycles. The highest BCUT2D eigenvalue weighted by Crippen LogP contribution is 2.38. The summed E-state index contributed by atoms with van der Waals surface area (Å²) in [6, 6.07) is 6.70. The largest absolute Gasteiger partial charge is 0.450 e. The quantitative estimate of drug-likeness (QED) is 0.787. The molecule has 2 aromatic rings. The molecule has 0 radical (unpaired) electrons. The molecule has 8 heteroatoms. The zero-order chi connectivity index (χ0) is 19.4. The summed E-state index contributed by atoms with van der Waals surface area (Å²) in [4.78, 5) is 38.0. The Hall–Kier alpha value is -2.38. The van der Waals surface area contributed by atoms with Crippen molar-refractivity contribution < 1.29 is 19.1 Å².